The third-order valence-corrected chi connectivity index (χ3v) is 6.64. The summed E-state index contributed by atoms with van der Waals surface area (Å²) in [7, 11) is -2.97. The Morgan fingerprint density at radius 3 is 2.70 bits per heavy atom. The maximum absolute atomic E-state index is 12.0. The maximum atomic E-state index is 12.0. The largest absolute Gasteiger partial charge is 0.352 e. The molecule has 1 atom stereocenters. The zero-order valence-electron chi connectivity index (χ0n) is 14.1. The van der Waals surface area contributed by atoms with Crippen molar-refractivity contribution in [2.45, 2.75) is 51.9 Å². The van der Waals surface area contributed by atoms with Crippen molar-refractivity contribution in [3.05, 3.63) is 11.4 Å². The van der Waals surface area contributed by atoms with E-state index < -0.39 is 9.84 Å². The van der Waals surface area contributed by atoms with Crippen molar-refractivity contribution in [2.24, 2.45) is 5.92 Å². The number of carbonyl (C=O) groups excluding carboxylic acids is 1. The van der Waals surface area contributed by atoms with Gasteiger partial charge in [-0.3, -0.25) is 4.79 Å². The molecule has 130 valence electrons. The van der Waals surface area contributed by atoms with Gasteiger partial charge in [-0.2, -0.15) is 0 Å². The lowest BCUT2D eigenvalue weighted by atomic mass is 10.2. The molecule has 1 aliphatic rings. The molecule has 0 spiro atoms. The number of amides is 1. The molecule has 1 N–H and O–H groups in total. The van der Waals surface area contributed by atoms with Gasteiger partial charge in [0.05, 0.1) is 23.0 Å². The first-order valence-corrected chi connectivity index (χ1v) is 10.6. The first-order valence-electron chi connectivity index (χ1n) is 7.84. The minimum absolute atomic E-state index is 0.0591. The summed E-state index contributed by atoms with van der Waals surface area (Å²) in [6.07, 6.45) is 0.513. The fourth-order valence-corrected chi connectivity index (χ4v) is 5.21. The normalized spacial score (nSPS) is 20.1. The summed E-state index contributed by atoms with van der Waals surface area (Å²) in [6.45, 7) is 9.18. The highest BCUT2D eigenvalue weighted by atomic mass is 32.2. The van der Waals surface area contributed by atoms with Crippen molar-refractivity contribution in [3.63, 3.8) is 0 Å². The molecule has 0 aromatic carbocycles. The number of rotatable bonds is 6. The van der Waals surface area contributed by atoms with Crippen LogP contribution in [0.5, 0.6) is 0 Å². The van der Waals surface area contributed by atoms with E-state index >= 15 is 0 Å². The van der Waals surface area contributed by atoms with Crippen LogP contribution in [0.1, 0.15) is 31.7 Å². The Morgan fingerprint density at radius 1 is 1.43 bits per heavy atom. The summed E-state index contributed by atoms with van der Waals surface area (Å²) < 4.78 is 25.0. The predicted molar refractivity (Wildman–Crippen MR) is 92.5 cm³/mol. The summed E-state index contributed by atoms with van der Waals surface area (Å²) in [5, 5.41) is 3.66. The Morgan fingerprint density at radius 2 is 2.13 bits per heavy atom. The van der Waals surface area contributed by atoms with Crippen LogP contribution >= 0.6 is 11.8 Å². The zero-order valence-corrected chi connectivity index (χ0v) is 15.8. The second-order valence-electron chi connectivity index (χ2n) is 6.53. The molecule has 1 amide bonds. The molecule has 0 saturated carbocycles. The molecule has 0 aliphatic carbocycles. The summed E-state index contributed by atoms with van der Waals surface area (Å²) in [6, 6.07) is -0.244. The van der Waals surface area contributed by atoms with E-state index in [0.29, 0.717) is 12.3 Å². The van der Waals surface area contributed by atoms with Gasteiger partial charge in [-0.15, -0.1) is 0 Å². The highest BCUT2D eigenvalue weighted by Crippen LogP contribution is 2.22. The van der Waals surface area contributed by atoms with Gasteiger partial charge < -0.3 is 9.88 Å². The number of thioether (sulfide) groups is 1. The van der Waals surface area contributed by atoms with E-state index in [1.165, 1.54) is 11.8 Å². The van der Waals surface area contributed by atoms with Crippen LogP contribution in [0.25, 0.3) is 0 Å². The molecule has 6 nitrogen and oxygen atoms in total. The van der Waals surface area contributed by atoms with Gasteiger partial charge in [0.25, 0.3) is 0 Å². The minimum atomic E-state index is -2.97. The van der Waals surface area contributed by atoms with Crippen LogP contribution in [0, 0.1) is 19.8 Å². The molecule has 1 aromatic rings. The van der Waals surface area contributed by atoms with Gasteiger partial charge in [0, 0.05) is 18.3 Å². The van der Waals surface area contributed by atoms with Gasteiger partial charge in [-0.05, 0) is 26.2 Å². The van der Waals surface area contributed by atoms with Crippen molar-refractivity contribution in [1.29, 1.82) is 0 Å². The average Bonchev–Trinajstić information content (AvgIpc) is 2.90. The lowest BCUT2D eigenvalue weighted by molar-refractivity contribution is -0.119. The molecule has 1 aliphatic heterocycles. The Labute approximate surface area is 142 Å². The first kappa shape index (κ1) is 18.3. The molecule has 1 fully saturated rings. The molecule has 1 saturated heterocycles. The van der Waals surface area contributed by atoms with E-state index in [1.54, 1.807) is 0 Å². The lowest BCUT2D eigenvalue weighted by Crippen LogP contribution is -2.36. The third kappa shape index (κ3) is 4.97. The number of hydrogen-bond donors (Lipinski definition) is 1. The fraction of sp³-hybridized carbons (Fsp3) is 0.733. The Bertz CT molecular complexity index is 680. The zero-order chi connectivity index (χ0) is 17.2. The number of imidazole rings is 1. The number of hydrogen-bond acceptors (Lipinski definition) is 5. The van der Waals surface area contributed by atoms with Crippen LogP contribution in [-0.2, 0) is 21.2 Å². The van der Waals surface area contributed by atoms with Gasteiger partial charge >= 0.3 is 0 Å². The highest BCUT2D eigenvalue weighted by molar-refractivity contribution is 7.99. The van der Waals surface area contributed by atoms with Crippen LogP contribution in [-0.4, -0.2) is 47.2 Å². The van der Waals surface area contributed by atoms with Crippen molar-refractivity contribution < 1.29 is 13.2 Å². The van der Waals surface area contributed by atoms with Crippen molar-refractivity contribution in [3.8, 4) is 0 Å². The second kappa shape index (κ2) is 7.25. The van der Waals surface area contributed by atoms with Crippen LogP contribution in [0.15, 0.2) is 5.16 Å². The molecule has 0 bridgehead atoms. The first-order chi connectivity index (χ1) is 10.7. The lowest BCUT2D eigenvalue weighted by Gasteiger charge is -2.13. The Balaban J connectivity index is 1.93. The summed E-state index contributed by atoms with van der Waals surface area (Å²) >= 11 is 1.41. The van der Waals surface area contributed by atoms with Gasteiger partial charge in [0.2, 0.25) is 5.91 Å². The number of sulfone groups is 1. The van der Waals surface area contributed by atoms with Gasteiger partial charge in [0.15, 0.2) is 15.0 Å². The van der Waals surface area contributed by atoms with E-state index in [1.807, 2.05) is 13.8 Å². The number of nitrogens with zero attached hydrogens (tertiary/aromatic N) is 2. The molecule has 0 radical (unpaired) electrons. The minimum Gasteiger partial charge on any atom is -0.352 e. The quantitative estimate of drug-likeness (QED) is 0.780. The molecular formula is C15H25N3O3S2. The number of nitrogens with one attached hydrogen (secondary N) is 1. The average molecular weight is 360 g/mol. The van der Waals surface area contributed by atoms with Crippen LogP contribution in [0.2, 0.25) is 0 Å². The molecular weight excluding hydrogens is 334 g/mol. The fourth-order valence-electron chi connectivity index (χ4n) is 2.62. The van der Waals surface area contributed by atoms with E-state index in [9.17, 15) is 13.2 Å². The number of carbonyl (C=O) groups is 1. The number of aryl methyl sites for hydroxylation is 1. The standard InChI is InChI=1S/C15H25N3O3S2/c1-10(2)7-18-12(4)11(3)16-15(18)22-8-14(19)17-13-5-6-23(20,21)9-13/h10,13H,5-9H2,1-4H3,(H,17,19)/t13-/m0/s1. The monoisotopic (exact) mass is 359 g/mol. The predicted octanol–water partition coefficient (Wildman–Crippen LogP) is 1.55. The topological polar surface area (TPSA) is 81.1 Å². The van der Waals surface area contributed by atoms with Crippen LogP contribution in [0.3, 0.4) is 0 Å². The molecule has 2 rings (SSSR count). The number of aromatic nitrogens is 2. The van der Waals surface area contributed by atoms with Crippen molar-refractivity contribution in [1.82, 2.24) is 14.9 Å². The molecule has 1 aromatic heterocycles. The van der Waals surface area contributed by atoms with Gasteiger partial charge in [-0.25, -0.2) is 13.4 Å². The summed E-state index contributed by atoms with van der Waals surface area (Å²) in [5.41, 5.74) is 2.11. The Hall–Kier alpha value is -1.02. The molecule has 2 heterocycles. The van der Waals surface area contributed by atoms with Crippen molar-refractivity contribution >= 4 is 27.5 Å². The smallest absolute Gasteiger partial charge is 0.230 e. The van der Waals surface area contributed by atoms with Gasteiger partial charge in [-0.1, -0.05) is 25.6 Å². The third-order valence-electron chi connectivity index (χ3n) is 3.90. The highest BCUT2D eigenvalue weighted by Gasteiger charge is 2.28. The Kier molecular flexibility index (Phi) is 5.78. The van der Waals surface area contributed by atoms with Crippen LogP contribution < -0.4 is 5.32 Å². The van der Waals surface area contributed by atoms with Crippen molar-refractivity contribution in [2.75, 3.05) is 17.3 Å². The van der Waals surface area contributed by atoms with Gasteiger partial charge in [0.1, 0.15) is 0 Å². The van der Waals surface area contributed by atoms with E-state index in [0.717, 1.165) is 23.1 Å². The second-order valence-corrected chi connectivity index (χ2v) is 9.70. The molecule has 0 unspecified atom stereocenters. The van der Waals surface area contributed by atoms with E-state index in [4.69, 9.17) is 0 Å². The SMILES string of the molecule is Cc1nc(SCC(=O)N[C@H]2CCS(=O)(=O)C2)n(CC(C)C)c1C. The van der Waals surface area contributed by atoms with E-state index in [-0.39, 0.29) is 29.2 Å². The summed E-state index contributed by atoms with van der Waals surface area (Å²) in [5.74, 6) is 0.849. The molecule has 23 heavy (non-hydrogen) atoms. The maximum Gasteiger partial charge on any atom is 0.230 e. The summed E-state index contributed by atoms with van der Waals surface area (Å²) in [4.78, 5) is 16.6. The van der Waals surface area contributed by atoms with E-state index in [2.05, 4.69) is 28.7 Å². The van der Waals surface area contributed by atoms with Crippen LogP contribution in [0.4, 0.5) is 0 Å². The molecule has 8 heteroatoms.